The van der Waals surface area contributed by atoms with Crippen molar-refractivity contribution >= 4 is 49.8 Å². The first-order chi connectivity index (χ1) is 22.1. The van der Waals surface area contributed by atoms with E-state index in [1.165, 1.54) is 44.2 Å². The fraction of sp³-hybridized carbons (Fsp3) is 0.0698. The Bertz CT molecular complexity index is 2410. The van der Waals surface area contributed by atoms with E-state index in [2.05, 4.69) is 164 Å². The van der Waals surface area contributed by atoms with E-state index in [4.69, 9.17) is 4.42 Å². The van der Waals surface area contributed by atoms with Gasteiger partial charge in [-0.1, -0.05) is 123 Å². The normalized spacial score (nSPS) is 13.3. The summed E-state index contributed by atoms with van der Waals surface area (Å²) < 4.78 is 6.58. The van der Waals surface area contributed by atoms with Crippen molar-refractivity contribution in [2.45, 2.75) is 19.3 Å². The van der Waals surface area contributed by atoms with Gasteiger partial charge < -0.3 is 9.32 Å². The van der Waals surface area contributed by atoms with Gasteiger partial charge in [0.25, 0.3) is 0 Å². The monoisotopic (exact) mass is 577 g/mol. The zero-order chi connectivity index (χ0) is 30.1. The minimum absolute atomic E-state index is 0.0983. The molecular weight excluding hydrogens is 546 g/mol. The zero-order valence-corrected chi connectivity index (χ0v) is 25.3. The molecule has 0 saturated heterocycles. The van der Waals surface area contributed by atoms with Crippen molar-refractivity contribution < 1.29 is 4.42 Å². The Hall–Kier alpha value is -5.60. The maximum atomic E-state index is 6.58. The summed E-state index contributed by atoms with van der Waals surface area (Å²) in [5.74, 6) is 0. The van der Waals surface area contributed by atoms with Crippen molar-refractivity contribution in [1.29, 1.82) is 0 Å². The number of benzene rings is 7. The molecule has 8 aromatic rings. The molecule has 0 aliphatic heterocycles. The molecule has 7 aromatic carbocycles. The van der Waals surface area contributed by atoms with E-state index in [-0.39, 0.29) is 5.41 Å². The van der Waals surface area contributed by atoms with Crippen LogP contribution in [0, 0.1) is 0 Å². The van der Waals surface area contributed by atoms with Crippen LogP contribution in [-0.4, -0.2) is 0 Å². The second-order valence-electron chi connectivity index (χ2n) is 12.6. The second kappa shape index (κ2) is 9.70. The van der Waals surface area contributed by atoms with Gasteiger partial charge in [-0.25, -0.2) is 0 Å². The van der Waals surface area contributed by atoms with Crippen molar-refractivity contribution in [2.75, 3.05) is 4.90 Å². The van der Waals surface area contributed by atoms with Gasteiger partial charge in [0.05, 0.1) is 5.69 Å². The molecule has 2 heteroatoms. The number of hydrogen-bond donors (Lipinski definition) is 0. The smallest absolute Gasteiger partial charge is 0.159 e. The highest BCUT2D eigenvalue weighted by molar-refractivity contribution is 6.10. The topological polar surface area (TPSA) is 16.4 Å². The molecule has 0 atom stereocenters. The molecule has 1 aliphatic carbocycles. The Labute approximate surface area is 262 Å². The van der Waals surface area contributed by atoms with Crippen molar-refractivity contribution in [1.82, 2.24) is 0 Å². The first-order valence-corrected chi connectivity index (χ1v) is 15.6. The molecule has 9 rings (SSSR count). The van der Waals surface area contributed by atoms with Gasteiger partial charge in [0.2, 0.25) is 0 Å². The SMILES string of the molecule is CC1(C)c2ccccc2-c2ccc(N(c3ccc(-c4ccc5ccccc5c4)cc3)c3cccc4c3oc3ccccc34)cc21. The number of furan rings is 1. The van der Waals surface area contributed by atoms with Crippen molar-refractivity contribution in [3.63, 3.8) is 0 Å². The first kappa shape index (κ1) is 25.9. The minimum Gasteiger partial charge on any atom is -0.454 e. The summed E-state index contributed by atoms with van der Waals surface area (Å²) in [5.41, 5.74) is 12.7. The number of hydrogen-bond acceptors (Lipinski definition) is 2. The lowest BCUT2D eigenvalue weighted by Gasteiger charge is -2.28. The molecule has 1 heterocycles. The molecule has 0 N–H and O–H groups in total. The van der Waals surface area contributed by atoms with Crippen molar-refractivity contribution in [3.8, 4) is 22.3 Å². The van der Waals surface area contributed by atoms with Crippen LogP contribution in [0.5, 0.6) is 0 Å². The largest absolute Gasteiger partial charge is 0.454 e. The van der Waals surface area contributed by atoms with Crippen LogP contribution in [0.3, 0.4) is 0 Å². The molecule has 0 unspecified atom stereocenters. The van der Waals surface area contributed by atoms with Gasteiger partial charge in [-0.3, -0.25) is 0 Å². The molecule has 0 fully saturated rings. The van der Waals surface area contributed by atoms with Gasteiger partial charge in [0.15, 0.2) is 5.58 Å². The molecule has 2 nitrogen and oxygen atoms in total. The minimum atomic E-state index is -0.0983. The molecule has 0 spiro atoms. The van der Waals surface area contributed by atoms with E-state index in [1.54, 1.807) is 0 Å². The highest BCUT2D eigenvalue weighted by Crippen LogP contribution is 2.51. The van der Waals surface area contributed by atoms with Crippen LogP contribution in [0.4, 0.5) is 17.1 Å². The molecule has 1 aliphatic rings. The number of fused-ring (bicyclic) bond motifs is 7. The summed E-state index contributed by atoms with van der Waals surface area (Å²) in [6.45, 7) is 4.67. The lowest BCUT2D eigenvalue weighted by Crippen LogP contribution is -2.16. The lowest BCUT2D eigenvalue weighted by molar-refractivity contribution is 0.660. The van der Waals surface area contributed by atoms with Crippen LogP contribution in [0.2, 0.25) is 0 Å². The Morgan fingerprint density at radius 3 is 2.07 bits per heavy atom. The van der Waals surface area contributed by atoms with E-state index < -0.39 is 0 Å². The molecule has 45 heavy (non-hydrogen) atoms. The van der Waals surface area contributed by atoms with E-state index in [0.717, 1.165) is 39.0 Å². The maximum absolute atomic E-state index is 6.58. The number of para-hydroxylation sites is 2. The Kier molecular flexibility index (Phi) is 5.58. The summed E-state index contributed by atoms with van der Waals surface area (Å²) in [6.07, 6.45) is 0. The summed E-state index contributed by atoms with van der Waals surface area (Å²) in [4.78, 5) is 2.36. The van der Waals surface area contributed by atoms with E-state index in [0.29, 0.717) is 0 Å². The Balaban J connectivity index is 1.23. The van der Waals surface area contributed by atoms with Crippen LogP contribution >= 0.6 is 0 Å². The van der Waals surface area contributed by atoms with Crippen molar-refractivity contribution in [2.24, 2.45) is 0 Å². The van der Waals surface area contributed by atoms with Crippen LogP contribution < -0.4 is 4.90 Å². The van der Waals surface area contributed by atoms with Gasteiger partial charge in [0, 0.05) is 27.6 Å². The van der Waals surface area contributed by atoms with Crippen LogP contribution in [0.15, 0.2) is 156 Å². The fourth-order valence-electron chi connectivity index (χ4n) is 7.34. The molecule has 0 radical (unpaired) electrons. The van der Waals surface area contributed by atoms with E-state index in [9.17, 15) is 0 Å². The summed E-state index contributed by atoms with van der Waals surface area (Å²) in [7, 11) is 0. The molecule has 0 saturated carbocycles. The summed E-state index contributed by atoms with van der Waals surface area (Å²) >= 11 is 0. The van der Waals surface area contributed by atoms with E-state index >= 15 is 0 Å². The third kappa shape index (κ3) is 3.96. The average Bonchev–Trinajstić information content (AvgIpc) is 3.58. The zero-order valence-electron chi connectivity index (χ0n) is 25.3. The number of rotatable bonds is 4. The third-order valence-corrected chi connectivity index (χ3v) is 9.66. The molecule has 214 valence electrons. The third-order valence-electron chi connectivity index (χ3n) is 9.66. The molecular formula is C43H31NO. The molecule has 0 amide bonds. The van der Waals surface area contributed by atoms with Crippen molar-refractivity contribution in [3.05, 3.63) is 163 Å². The number of nitrogens with zero attached hydrogens (tertiary/aromatic N) is 1. The van der Waals surface area contributed by atoms with Gasteiger partial charge >= 0.3 is 0 Å². The highest BCUT2D eigenvalue weighted by Gasteiger charge is 2.35. The van der Waals surface area contributed by atoms with Gasteiger partial charge in [0.1, 0.15) is 5.58 Å². The predicted octanol–water partition coefficient (Wildman–Crippen LogP) is 12.2. The molecule has 0 bridgehead atoms. The number of anilines is 3. The summed E-state index contributed by atoms with van der Waals surface area (Å²) in [6, 6.07) is 54.7. The second-order valence-corrected chi connectivity index (χ2v) is 12.6. The molecule has 1 aromatic heterocycles. The first-order valence-electron chi connectivity index (χ1n) is 15.6. The van der Waals surface area contributed by atoms with E-state index in [1.807, 2.05) is 6.07 Å². The Morgan fingerprint density at radius 2 is 1.18 bits per heavy atom. The van der Waals surface area contributed by atoms with Crippen LogP contribution in [0.25, 0.3) is 55.0 Å². The van der Waals surface area contributed by atoms with Gasteiger partial charge in [-0.15, -0.1) is 0 Å². The quantitative estimate of drug-likeness (QED) is 0.207. The highest BCUT2D eigenvalue weighted by atomic mass is 16.3. The Morgan fingerprint density at radius 1 is 0.489 bits per heavy atom. The predicted molar refractivity (Wildman–Crippen MR) is 189 cm³/mol. The maximum Gasteiger partial charge on any atom is 0.159 e. The van der Waals surface area contributed by atoms with Crippen LogP contribution in [-0.2, 0) is 5.41 Å². The van der Waals surface area contributed by atoms with Gasteiger partial charge in [-0.2, -0.15) is 0 Å². The fourth-order valence-corrected chi connectivity index (χ4v) is 7.34. The van der Waals surface area contributed by atoms with Crippen LogP contribution in [0.1, 0.15) is 25.0 Å². The average molecular weight is 578 g/mol. The lowest BCUT2D eigenvalue weighted by atomic mass is 9.82. The standard InChI is InChI=1S/C43H31NO/c1-43(2)38-15-7-5-12-34(38)35-25-24-33(27-39(35)43)44(40-16-9-14-37-36-13-6-8-17-41(36)45-42(37)40)32-22-20-29(21-23-32)31-19-18-28-10-3-4-11-30(28)26-31/h3-27H,1-2H3. The van der Waals surface area contributed by atoms with Gasteiger partial charge in [-0.05, 0) is 86.6 Å². The summed E-state index contributed by atoms with van der Waals surface area (Å²) in [5, 5.41) is 4.75.